The van der Waals surface area contributed by atoms with E-state index in [-0.39, 0.29) is 0 Å². The zero-order valence-corrected chi connectivity index (χ0v) is 16.1. The molecule has 0 fully saturated rings. The Hall–Kier alpha value is -1.86. The molecule has 1 amide bonds. The highest BCUT2D eigenvalue weighted by Gasteiger charge is 2.29. The average Bonchev–Trinajstić information content (AvgIpc) is 2.46. The fourth-order valence-electron chi connectivity index (χ4n) is 2.39. The van der Waals surface area contributed by atoms with Crippen LogP contribution < -0.4 is 9.62 Å². The van der Waals surface area contributed by atoms with Gasteiger partial charge in [-0.05, 0) is 49.7 Å². The molecular formula is C17H19BrN2O3S. The summed E-state index contributed by atoms with van der Waals surface area (Å²) in [5.41, 5.74) is 1.98. The zero-order valence-electron chi connectivity index (χ0n) is 13.7. The monoisotopic (exact) mass is 410 g/mol. The highest BCUT2D eigenvalue weighted by Crippen LogP contribution is 2.23. The maximum atomic E-state index is 12.5. The van der Waals surface area contributed by atoms with Gasteiger partial charge in [0.25, 0.3) is 0 Å². The molecular weight excluding hydrogens is 392 g/mol. The molecule has 2 rings (SSSR count). The van der Waals surface area contributed by atoms with Gasteiger partial charge < -0.3 is 5.32 Å². The summed E-state index contributed by atoms with van der Waals surface area (Å²) in [5.74, 6) is -0.403. The van der Waals surface area contributed by atoms with Crippen molar-refractivity contribution >= 4 is 43.2 Å². The summed E-state index contributed by atoms with van der Waals surface area (Å²) in [7, 11) is -3.62. The fraction of sp³-hybridized carbons (Fsp3) is 0.235. The van der Waals surface area contributed by atoms with Crippen LogP contribution in [-0.2, 0) is 14.8 Å². The van der Waals surface area contributed by atoms with Crippen LogP contribution >= 0.6 is 15.9 Å². The average molecular weight is 411 g/mol. The Labute approximate surface area is 150 Å². The van der Waals surface area contributed by atoms with E-state index in [1.807, 2.05) is 19.1 Å². The first kappa shape index (κ1) is 18.5. The molecule has 7 heteroatoms. The molecule has 1 atom stereocenters. The number of amides is 1. The zero-order chi connectivity index (χ0) is 17.9. The topological polar surface area (TPSA) is 66.5 Å². The van der Waals surface area contributed by atoms with E-state index < -0.39 is 22.0 Å². The number of carbonyl (C=O) groups excluding carboxylic acids is 1. The van der Waals surface area contributed by atoms with Crippen molar-refractivity contribution in [2.24, 2.45) is 0 Å². The number of rotatable bonds is 5. The molecule has 2 aromatic carbocycles. The highest BCUT2D eigenvalue weighted by molar-refractivity contribution is 9.10. The number of sulfonamides is 1. The molecule has 1 N–H and O–H groups in total. The minimum absolute atomic E-state index is 0.403. The molecule has 0 spiro atoms. The third-order valence-electron chi connectivity index (χ3n) is 3.44. The van der Waals surface area contributed by atoms with Crippen molar-refractivity contribution in [3.63, 3.8) is 0 Å². The van der Waals surface area contributed by atoms with Crippen molar-refractivity contribution < 1.29 is 13.2 Å². The molecule has 0 saturated carbocycles. The van der Waals surface area contributed by atoms with Crippen LogP contribution in [-0.4, -0.2) is 26.6 Å². The maximum Gasteiger partial charge on any atom is 0.247 e. The van der Waals surface area contributed by atoms with Gasteiger partial charge in [-0.15, -0.1) is 0 Å². The van der Waals surface area contributed by atoms with E-state index >= 15 is 0 Å². The molecule has 128 valence electrons. The van der Waals surface area contributed by atoms with Gasteiger partial charge in [-0.25, -0.2) is 8.42 Å². The minimum Gasteiger partial charge on any atom is -0.324 e. The Morgan fingerprint density at radius 1 is 1.17 bits per heavy atom. The van der Waals surface area contributed by atoms with Crippen molar-refractivity contribution in [3.05, 3.63) is 58.6 Å². The minimum atomic E-state index is -3.62. The molecule has 1 unspecified atom stereocenters. The van der Waals surface area contributed by atoms with Gasteiger partial charge >= 0.3 is 0 Å². The number of carbonyl (C=O) groups is 1. The molecule has 5 nitrogen and oxygen atoms in total. The second kappa shape index (κ2) is 7.36. The molecule has 0 radical (unpaired) electrons. The summed E-state index contributed by atoms with van der Waals surface area (Å²) in [4.78, 5) is 12.5. The quantitative estimate of drug-likeness (QED) is 0.819. The summed E-state index contributed by atoms with van der Waals surface area (Å²) >= 11 is 3.34. The van der Waals surface area contributed by atoms with E-state index in [1.165, 1.54) is 0 Å². The number of aryl methyl sites for hydroxylation is 1. The summed E-state index contributed by atoms with van der Waals surface area (Å²) < 4.78 is 26.4. The van der Waals surface area contributed by atoms with Crippen molar-refractivity contribution in [1.82, 2.24) is 0 Å². The van der Waals surface area contributed by atoms with Crippen LogP contribution in [0.2, 0.25) is 0 Å². The number of hydrogen-bond donors (Lipinski definition) is 1. The van der Waals surface area contributed by atoms with Crippen LogP contribution in [0.1, 0.15) is 12.5 Å². The highest BCUT2D eigenvalue weighted by atomic mass is 79.9. The van der Waals surface area contributed by atoms with Crippen molar-refractivity contribution in [3.8, 4) is 0 Å². The molecule has 24 heavy (non-hydrogen) atoms. The second-order valence-corrected chi connectivity index (χ2v) is 8.35. The normalized spacial score (nSPS) is 12.5. The van der Waals surface area contributed by atoms with E-state index in [9.17, 15) is 13.2 Å². The van der Waals surface area contributed by atoms with Crippen LogP contribution in [0, 0.1) is 6.92 Å². The van der Waals surface area contributed by atoms with Crippen molar-refractivity contribution in [2.45, 2.75) is 19.9 Å². The Bertz CT molecular complexity index is 852. The lowest BCUT2D eigenvalue weighted by Gasteiger charge is -2.28. The van der Waals surface area contributed by atoms with E-state index in [1.54, 1.807) is 43.3 Å². The number of nitrogens with zero attached hydrogens (tertiary/aromatic N) is 1. The maximum absolute atomic E-state index is 12.5. The first-order valence-corrected chi connectivity index (χ1v) is 9.95. The lowest BCUT2D eigenvalue weighted by molar-refractivity contribution is -0.116. The molecule has 2 aromatic rings. The van der Waals surface area contributed by atoms with E-state index in [0.29, 0.717) is 11.4 Å². The Kier molecular flexibility index (Phi) is 5.66. The molecule has 0 saturated heterocycles. The Morgan fingerprint density at radius 2 is 1.83 bits per heavy atom. The Balaban J connectivity index is 2.31. The summed E-state index contributed by atoms with van der Waals surface area (Å²) in [6.07, 6.45) is 1.10. The van der Waals surface area contributed by atoms with Crippen LogP contribution in [0.25, 0.3) is 0 Å². The van der Waals surface area contributed by atoms with Gasteiger partial charge in [0.05, 0.1) is 11.9 Å². The van der Waals surface area contributed by atoms with E-state index in [2.05, 4.69) is 21.2 Å². The molecule has 0 heterocycles. The van der Waals surface area contributed by atoms with Crippen LogP contribution in [0.15, 0.2) is 53.0 Å². The molecule has 0 bridgehead atoms. The van der Waals surface area contributed by atoms with Gasteiger partial charge in [-0.2, -0.15) is 0 Å². The summed E-state index contributed by atoms with van der Waals surface area (Å²) in [6.45, 7) is 3.44. The number of hydrogen-bond acceptors (Lipinski definition) is 3. The van der Waals surface area contributed by atoms with Crippen molar-refractivity contribution in [2.75, 3.05) is 15.9 Å². The number of anilines is 2. The molecule has 0 aliphatic rings. The van der Waals surface area contributed by atoms with Crippen LogP contribution in [0.3, 0.4) is 0 Å². The van der Waals surface area contributed by atoms with Crippen LogP contribution in [0.4, 0.5) is 11.4 Å². The van der Waals surface area contributed by atoms with Gasteiger partial charge in [-0.3, -0.25) is 9.10 Å². The van der Waals surface area contributed by atoms with Gasteiger partial charge in [0.1, 0.15) is 6.04 Å². The SMILES string of the molecule is Cc1cccc(N(C(C)C(=O)Nc2cccc(Br)c2)S(C)(=O)=O)c1. The summed E-state index contributed by atoms with van der Waals surface area (Å²) in [6, 6.07) is 13.3. The standard InChI is InChI=1S/C17H19BrN2O3S/c1-12-6-4-9-16(10-12)20(24(3,22)23)13(2)17(21)19-15-8-5-7-14(18)11-15/h4-11,13H,1-3H3,(H,19,21). The van der Waals surface area contributed by atoms with Gasteiger partial charge in [0, 0.05) is 10.2 Å². The lowest BCUT2D eigenvalue weighted by Crippen LogP contribution is -2.45. The third-order valence-corrected chi connectivity index (χ3v) is 5.17. The number of halogens is 1. The Morgan fingerprint density at radius 3 is 2.42 bits per heavy atom. The van der Waals surface area contributed by atoms with Crippen LogP contribution in [0.5, 0.6) is 0 Å². The number of nitrogens with one attached hydrogen (secondary N) is 1. The van der Waals surface area contributed by atoms with Crippen molar-refractivity contribution in [1.29, 1.82) is 0 Å². The van der Waals surface area contributed by atoms with Gasteiger partial charge in [0.15, 0.2) is 0 Å². The van der Waals surface area contributed by atoms with Gasteiger partial charge in [0.2, 0.25) is 15.9 Å². The van der Waals surface area contributed by atoms with E-state index in [4.69, 9.17) is 0 Å². The lowest BCUT2D eigenvalue weighted by atomic mass is 10.2. The molecule has 0 aliphatic carbocycles. The first-order chi connectivity index (χ1) is 11.2. The van der Waals surface area contributed by atoms with E-state index in [0.717, 1.165) is 20.6 Å². The molecule has 0 aromatic heterocycles. The smallest absolute Gasteiger partial charge is 0.247 e. The molecule has 0 aliphatic heterocycles. The number of benzene rings is 2. The largest absolute Gasteiger partial charge is 0.324 e. The predicted molar refractivity (Wildman–Crippen MR) is 101 cm³/mol. The first-order valence-electron chi connectivity index (χ1n) is 7.31. The van der Waals surface area contributed by atoms with Gasteiger partial charge in [-0.1, -0.05) is 34.1 Å². The fourth-order valence-corrected chi connectivity index (χ4v) is 3.95. The summed E-state index contributed by atoms with van der Waals surface area (Å²) in [5, 5.41) is 2.74. The third kappa shape index (κ3) is 4.58. The predicted octanol–water partition coefficient (Wildman–Crippen LogP) is 3.55. The second-order valence-electron chi connectivity index (χ2n) is 5.57.